The molecular weight excluding hydrogens is 472 g/mol. The van der Waals surface area contributed by atoms with E-state index in [0.717, 1.165) is 17.7 Å². The normalized spacial score (nSPS) is 16.5. The number of carbonyl (C=O) groups is 1. The highest BCUT2D eigenvalue weighted by Gasteiger charge is 2.23. The Hall–Kier alpha value is -3.03. The Morgan fingerprint density at radius 3 is 2.97 bits per heavy atom. The number of nitrogens with zero attached hydrogens (tertiary/aromatic N) is 4. The van der Waals surface area contributed by atoms with Gasteiger partial charge < -0.3 is 18.8 Å². The number of thioether (sulfide) groups is 1. The van der Waals surface area contributed by atoms with E-state index in [-0.39, 0.29) is 24.6 Å². The molecule has 1 aromatic carbocycles. The Morgan fingerprint density at radius 1 is 1.26 bits per heavy atom. The predicted octanol–water partition coefficient (Wildman–Crippen LogP) is 4.73. The van der Waals surface area contributed by atoms with Gasteiger partial charge in [0, 0.05) is 23.2 Å². The maximum absolute atomic E-state index is 13.1. The number of amides is 1. The van der Waals surface area contributed by atoms with Crippen LogP contribution in [0.4, 0.5) is 5.69 Å². The molecule has 2 aliphatic rings. The molecular formula is C24H24N4O4S2. The van der Waals surface area contributed by atoms with Crippen LogP contribution in [0.25, 0.3) is 10.8 Å². The largest absolute Gasteiger partial charge is 0.486 e. The second-order valence-corrected chi connectivity index (χ2v) is 10.4. The number of fused-ring (bicyclic) bond motifs is 2. The molecule has 0 spiro atoms. The molecule has 34 heavy (non-hydrogen) atoms. The first kappa shape index (κ1) is 22.7. The van der Waals surface area contributed by atoms with E-state index in [1.807, 2.05) is 0 Å². The zero-order chi connectivity index (χ0) is 23.5. The fraction of sp³-hybridized carbons (Fsp3) is 0.417. The zero-order valence-electron chi connectivity index (χ0n) is 18.8. The van der Waals surface area contributed by atoms with Crippen molar-refractivity contribution in [3.8, 4) is 28.3 Å². The summed E-state index contributed by atoms with van der Waals surface area (Å²) in [6, 6.07) is 9.63. The molecule has 176 valence electrons. The van der Waals surface area contributed by atoms with Gasteiger partial charge in [-0.2, -0.15) is 5.26 Å². The van der Waals surface area contributed by atoms with E-state index >= 15 is 0 Å². The quantitative estimate of drug-likeness (QED) is 0.433. The predicted molar refractivity (Wildman–Crippen MR) is 130 cm³/mol. The third-order valence-corrected chi connectivity index (χ3v) is 7.88. The van der Waals surface area contributed by atoms with Gasteiger partial charge in [-0.15, -0.1) is 21.5 Å². The minimum absolute atomic E-state index is 0.111. The van der Waals surface area contributed by atoms with Crippen LogP contribution in [-0.2, 0) is 17.6 Å². The highest BCUT2D eigenvalue weighted by Crippen LogP contribution is 2.38. The first-order valence-electron chi connectivity index (χ1n) is 11.3. The summed E-state index contributed by atoms with van der Waals surface area (Å²) in [4.78, 5) is 17.0. The number of thiophene rings is 1. The molecule has 0 fully saturated rings. The van der Waals surface area contributed by atoms with Gasteiger partial charge in [0.2, 0.25) is 5.91 Å². The Balaban J connectivity index is 1.26. The lowest BCUT2D eigenvalue weighted by Crippen LogP contribution is -2.33. The van der Waals surface area contributed by atoms with Gasteiger partial charge in [-0.3, -0.25) is 4.79 Å². The minimum atomic E-state index is -0.155. The summed E-state index contributed by atoms with van der Waals surface area (Å²) in [5.41, 5.74) is 2.05. The molecule has 0 bridgehead atoms. The summed E-state index contributed by atoms with van der Waals surface area (Å²) in [6.07, 6.45) is 3.63. The van der Waals surface area contributed by atoms with Crippen molar-refractivity contribution in [1.29, 1.82) is 5.26 Å². The molecule has 5 rings (SSSR count). The van der Waals surface area contributed by atoms with Crippen LogP contribution in [0.3, 0.4) is 0 Å². The number of rotatable bonds is 7. The molecule has 2 aromatic heterocycles. The lowest BCUT2D eigenvalue weighted by molar-refractivity contribution is -0.116. The Morgan fingerprint density at radius 2 is 2.12 bits per heavy atom. The molecule has 8 nitrogen and oxygen atoms in total. The van der Waals surface area contributed by atoms with Crippen LogP contribution in [0.2, 0.25) is 0 Å². The monoisotopic (exact) mass is 496 g/mol. The molecule has 0 saturated heterocycles. The van der Waals surface area contributed by atoms with Gasteiger partial charge in [-0.25, -0.2) is 0 Å². The number of aromatic nitrogens is 2. The average molecular weight is 497 g/mol. The van der Waals surface area contributed by atoms with E-state index in [4.69, 9.17) is 19.2 Å². The fourth-order valence-electron chi connectivity index (χ4n) is 4.14. The summed E-state index contributed by atoms with van der Waals surface area (Å²) < 4.78 is 17.1. The topological polar surface area (TPSA) is 101 Å². The van der Waals surface area contributed by atoms with E-state index < -0.39 is 0 Å². The van der Waals surface area contributed by atoms with E-state index in [1.165, 1.54) is 28.6 Å². The van der Waals surface area contributed by atoms with Crippen LogP contribution >= 0.6 is 23.1 Å². The molecule has 0 saturated carbocycles. The van der Waals surface area contributed by atoms with Gasteiger partial charge >= 0.3 is 0 Å². The number of anilines is 1. The minimum Gasteiger partial charge on any atom is -0.486 e. The maximum Gasteiger partial charge on any atom is 0.277 e. The van der Waals surface area contributed by atoms with Crippen LogP contribution in [0, 0.1) is 17.2 Å². The summed E-state index contributed by atoms with van der Waals surface area (Å²) in [5.74, 6) is 2.40. The SMILES string of the molecule is CC1CCc2sc(-c3nnc(SCC(=O)N(CCC#N)c4ccc5c(c4)OCCO5)o3)cc2C1. The molecule has 1 amide bonds. The van der Waals surface area contributed by atoms with Gasteiger partial charge in [0.15, 0.2) is 11.5 Å². The summed E-state index contributed by atoms with van der Waals surface area (Å²) in [6.45, 7) is 3.52. The molecule has 1 atom stereocenters. The molecule has 3 heterocycles. The Labute approximate surface area is 205 Å². The van der Waals surface area contributed by atoms with Crippen LogP contribution in [-0.4, -0.2) is 41.6 Å². The standard InChI is InChI=1S/C24H24N4O4S2/c1-15-3-6-20-16(11-15)12-21(34-20)23-26-27-24(32-23)33-14-22(29)28(8-2-7-25)17-4-5-18-19(13-17)31-10-9-30-18/h4-5,12-13,15H,2-3,6,8-11,14H2,1H3. The number of hydrogen-bond donors (Lipinski definition) is 0. The Bertz CT molecular complexity index is 1230. The van der Waals surface area contributed by atoms with E-state index in [0.29, 0.717) is 47.4 Å². The summed E-state index contributed by atoms with van der Waals surface area (Å²) in [7, 11) is 0. The zero-order valence-corrected chi connectivity index (χ0v) is 20.4. The number of aryl methyl sites for hydroxylation is 1. The van der Waals surface area contributed by atoms with Gasteiger partial charge in [-0.05, 0) is 48.9 Å². The highest BCUT2D eigenvalue weighted by atomic mass is 32.2. The van der Waals surface area contributed by atoms with Crippen molar-refractivity contribution in [3.63, 3.8) is 0 Å². The van der Waals surface area contributed by atoms with Gasteiger partial charge in [-0.1, -0.05) is 18.7 Å². The van der Waals surface area contributed by atoms with Gasteiger partial charge in [0.05, 0.1) is 23.1 Å². The third kappa shape index (κ3) is 4.91. The number of hydrogen-bond acceptors (Lipinski definition) is 9. The number of carbonyl (C=O) groups excluding carboxylic acids is 1. The van der Waals surface area contributed by atoms with Crippen molar-refractivity contribution < 1.29 is 18.7 Å². The van der Waals surface area contributed by atoms with E-state index in [1.54, 1.807) is 34.4 Å². The van der Waals surface area contributed by atoms with Crippen molar-refractivity contribution in [2.24, 2.45) is 5.92 Å². The third-order valence-electron chi connectivity index (χ3n) is 5.85. The lowest BCUT2D eigenvalue weighted by atomic mass is 9.90. The Kier molecular flexibility index (Phi) is 6.74. The van der Waals surface area contributed by atoms with Crippen LogP contribution in [0.1, 0.15) is 30.2 Å². The second-order valence-electron chi connectivity index (χ2n) is 8.35. The maximum atomic E-state index is 13.1. The summed E-state index contributed by atoms with van der Waals surface area (Å²) in [5, 5.41) is 17.7. The van der Waals surface area contributed by atoms with Crippen molar-refractivity contribution in [2.45, 2.75) is 37.8 Å². The van der Waals surface area contributed by atoms with Crippen molar-refractivity contribution in [1.82, 2.24) is 10.2 Å². The number of benzene rings is 1. The molecule has 0 radical (unpaired) electrons. The molecule has 1 aliphatic heterocycles. The lowest BCUT2D eigenvalue weighted by Gasteiger charge is -2.24. The van der Waals surface area contributed by atoms with Gasteiger partial charge in [0.1, 0.15) is 13.2 Å². The molecule has 1 unspecified atom stereocenters. The smallest absolute Gasteiger partial charge is 0.277 e. The summed E-state index contributed by atoms with van der Waals surface area (Å²) >= 11 is 2.92. The highest BCUT2D eigenvalue weighted by molar-refractivity contribution is 7.99. The van der Waals surface area contributed by atoms with Gasteiger partial charge in [0.25, 0.3) is 11.1 Å². The number of nitriles is 1. The van der Waals surface area contributed by atoms with Crippen LogP contribution in [0.5, 0.6) is 11.5 Å². The van der Waals surface area contributed by atoms with Crippen molar-refractivity contribution in [2.75, 3.05) is 30.4 Å². The molecule has 1 aliphatic carbocycles. The number of ether oxygens (including phenoxy) is 2. The molecule has 0 N–H and O–H groups in total. The van der Waals surface area contributed by atoms with E-state index in [9.17, 15) is 4.79 Å². The van der Waals surface area contributed by atoms with Crippen molar-refractivity contribution in [3.05, 3.63) is 34.7 Å². The fourth-order valence-corrected chi connectivity index (χ4v) is 5.91. The van der Waals surface area contributed by atoms with E-state index in [2.05, 4.69) is 29.3 Å². The van der Waals surface area contributed by atoms with Crippen molar-refractivity contribution >= 4 is 34.7 Å². The first-order valence-corrected chi connectivity index (χ1v) is 13.1. The first-order chi connectivity index (χ1) is 16.6. The second kappa shape index (κ2) is 10.1. The molecule has 10 heteroatoms. The average Bonchev–Trinajstić information content (AvgIpc) is 3.49. The van der Waals surface area contributed by atoms with Crippen LogP contribution in [0.15, 0.2) is 33.9 Å². The molecule has 3 aromatic rings. The van der Waals surface area contributed by atoms with Crippen LogP contribution < -0.4 is 14.4 Å².